The summed E-state index contributed by atoms with van der Waals surface area (Å²) in [6, 6.07) is 0. The van der Waals surface area contributed by atoms with Crippen LogP contribution in [0.1, 0.15) is 70.6 Å². The van der Waals surface area contributed by atoms with Gasteiger partial charge < -0.3 is 4.89 Å². The van der Waals surface area contributed by atoms with Gasteiger partial charge in [-0.25, -0.2) is 0 Å². The Labute approximate surface area is 117 Å². The van der Waals surface area contributed by atoms with Crippen molar-refractivity contribution in [2.24, 2.45) is 10.2 Å². The standard InChI is InChI=1S/C15H28N2O2/c1-2-4-6-8-10-12-16-17-13-15-19-18-14-11-9-7-5-3-1/h13,15H,1-12,14H2. The van der Waals surface area contributed by atoms with Crippen LogP contribution in [0.25, 0.3) is 0 Å². The molecule has 0 atom stereocenters. The fourth-order valence-electron chi connectivity index (χ4n) is 2.18. The van der Waals surface area contributed by atoms with Gasteiger partial charge in [0.2, 0.25) is 0 Å². The van der Waals surface area contributed by atoms with Gasteiger partial charge in [0.05, 0.1) is 19.4 Å². The molecule has 110 valence electrons. The Morgan fingerprint density at radius 3 is 1.95 bits per heavy atom. The van der Waals surface area contributed by atoms with E-state index >= 15 is 0 Å². The molecule has 0 unspecified atom stereocenters. The smallest absolute Gasteiger partial charge is 0.149 e. The molecule has 0 aromatic rings. The van der Waals surface area contributed by atoms with E-state index in [-0.39, 0.29) is 0 Å². The lowest BCUT2D eigenvalue weighted by Crippen LogP contribution is -1.92. The Hall–Kier alpha value is -0.900. The van der Waals surface area contributed by atoms with Gasteiger partial charge in [-0.05, 0) is 12.8 Å². The van der Waals surface area contributed by atoms with E-state index in [2.05, 4.69) is 10.2 Å². The first-order chi connectivity index (χ1) is 9.50. The third-order valence-electron chi connectivity index (χ3n) is 3.32. The van der Waals surface area contributed by atoms with Crippen LogP contribution in [0.5, 0.6) is 0 Å². The summed E-state index contributed by atoms with van der Waals surface area (Å²) in [7, 11) is 0. The SMILES string of the molecule is C1=COOCCCCCCCCCCCCCN=N1. The maximum absolute atomic E-state index is 5.01. The predicted molar refractivity (Wildman–Crippen MR) is 76.7 cm³/mol. The van der Waals surface area contributed by atoms with Crippen molar-refractivity contribution in [1.82, 2.24) is 0 Å². The van der Waals surface area contributed by atoms with E-state index in [1.165, 1.54) is 70.2 Å². The first kappa shape index (κ1) is 16.2. The molecule has 0 saturated heterocycles. The molecule has 0 radical (unpaired) electrons. The lowest BCUT2D eigenvalue weighted by molar-refractivity contribution is -0.249. The van der Waals surface area contributed by atoms with Gasteiger partial charge in [0, 0.05) is 0 Å². The molecule has 0 N–H and O–H groups in total. The molecule has 0 bridgehead atoms. The van der Waals surface area contributed by atoms with Crippen molar-refractivity contribution in [3.05, 3.63) is 12.5 Å². The van der Waals surface area contributed by atoms with Crippen LogP contribution < -0.4 is 0 Å². The normalized spacial score (nSPS) is 21.9. The summed E-state index contributed by atoms with van der Waals surface area (Å²) >= 11 is 0. The predicted octanol–water partition coefficient (Wildman–Crippen LogP) is 5.16. The summed E-state index contributed by atoms with van der Waals surface area (Å²) in [4.78, 5) is 9.88. The molecule has 1 rings (SSSR count). The molecule has 0 aliphatic carbocycles. The van der Waals surface area contributed by atoms with Crippen LogP contribution in [-0.4, -0.2) is 13.2 Å². The number of hydrogen-bond donors (Lipinski definition) is 0. The van der Waals surface area contributed by atoms with Crippen molar-refractivity contribution in [3.8, 4) is 0 Å². The highest BCUT2D eigenvalue weighted by Crippen LogP contribution is 2.11. The fourth-order valence-corrected chi connectivity index (χ4v) is 2.18. The van der Waals surface area contributed by atoms with Gasteiger partial charge in [-0.1, -0.05) is 57.8 Å². The number of nitrogens with zero attached hydrogens (tertiary/aromatic N) is 2. The minimum absolute atomic E-state index is 0.654. The summed E-state index contributed by atoms with van der Waals surface area (Å²) < 4.78 is 0. The minimum Gasteiger partial charge on any atom is -0.344 e. The number of azo groups is 1. The van der Waals surface area contributed by atoms with Crippen LogP contribution in [0.15, 0.2) is 22.7 Å². The Bertz CT molecular complexity index is 218. The average molecular weight is 268 g/mol. The summed E-state index contributed by atoms with van der Waals surface area (Å²) in [6.45, 7) is 1.46. The van der Waals surface area contributed by atoms with Crippen LogP contribution in [0.4, 0.5) is 0 Å². The van der Waals surface area contributed by atoms with Crippen molar-refractivity contribution < 1.29 is 9.78 Å². The van der Waals surface area contributed by atoms with Gasteiger partial charge in [0.25, 0.3) is 0 Å². The van der Waals surface area contributed by atoms with E-state index in [1.54, 1.807) is 0 Å². The van der Waals surface area contributed by atoms with Crippen LogP contribution in [0.2, 0.25) is 0 Å². The van der Waals surface area contributed by atoms with Crippen molar-refractivity contribution in [2.45, 2.75) is 70.6 Å². The quantitative estimate of drug-likeness (QED) is 0.569. The molecule has 0 fully saturated rings. The highest BCUT2D eigenvalue weighted by molar-refractivity contribution is 4.66. The summed E-state index contributed by atoms with van der Waals surface area (Å²) in [5.74, 6) is 0. The molecule has 1 heterocycles. The highest BCUT2D eigenvalue weighted by atomic mass is 17.2. The monoisotopic (exact) mass is 268 g/mol. The van der Waals surface area contributed by atoms with E-state index < -0.39 is 0 Å². The summed E-state index contributed by atoms with van der Waals surface area (Å²) in [5.41, 5.74) is 0. The molecule has 0 aromatic carbocycles. The molecular formula is C15H28N2O2. The second-order valence-electron chi connectivity index (χ2n) is 5.07. The fraction of sp³-hybridized carbons (Fsp3) is 0.867. The van der Waals surface area contributed by atoms with Crippen molar-refractivity contribution in [3.63, 3.8) is 0 Å². The molecule has 0 saturated carbocycles. The molecule has 4 nitrogen and oxygen atoms in total. The maximum Gasteiger partial charge on any atom is 0.149 e. The molecule has 1 aliphatic heterocycles. The lowest BCUT2D eigenvalue weighted by atomic mass is 10.1. The molecule has 0 spiro atoms. The molecule has 0 aromatic heterocycles. The molecule has 4 heteroatoms. The first-order valence-electron chi connectivity index (χ1n) is 7.80. The molecule has 1 aliphatic rings. The second-order valence-corrected chi connectivity index (χ2v) is 5.07. The third-order valence-corrected chi connectivity index (χ3v) is 3.32. The highest BCUT2D eigenvalue weighted by Gasteiger charge is 1.94. The van der Waals surface area contributed by atoms with Gasteiger partial charge in [-0.3, -0.25) is 0 Å². The van der Waals surface area contributed by atoms with E-state index in [4.69, 9.17) is 9.78 Å². The topological polar surface area (TPSA) is 43.2 Å². The summed E-state index contributed by atoms with van der Waals surface area (Å²) in [6.07, 6.45) is 17.2. The van der Waals surface area contributed by atoms with Gasteiger partial charge in [0.1, 0.15) is 6.26 Å². The van der Waals surface area contributed by atoms with Gasteiger partial charge >= 0.3 is 0 Å². The average Bonchev–Trinajstić information content (AvgIpc) is 2.43. The zero-order valence-corrected chi connectivity index (χ0v) is 12.1. The van der Waals surface area contributed by atoms with Gasteiger partial charge in [-0.15, -0.1) is 0 Å². The van der Waals surface area contributed by atoms with Crippen molar-refractivity contribution in [2.75, 3.05) is 13.2 Å². The van der Waals surface area contributed by atoms with Gasteiger partial charge in [-0.2, -0.15) is 15.1 Å². The Morgan fingerprint density at radius 2 is 1.26 bits per heavy atom. The lowest BCUT2D eigenvalue weighted by Gasteiger charge is -2.02. The first-order valence-corrected chi connectivity index (χ1v) is 7.80. The van der Waals surface area contributed by atoms with E-state index in [0.29, 0.717) is 6.61 Å². The molecule has 19 heavy (non-hydrogen) atoms. The third kappa shape index (κ3) is 11.9. The zero-order valence-electron chi connectivity index (χ0n) is 12.1. The maximum atomic E-state index is 5.01. The van der Waals surface area contributed by atoms with Crippen molar-refractivity contribution in [1.29, 1.82) is 0 Å². The minimum atomic E-state index is 0.654. The Morgan fingerprint density at radius 1 is 0.684 bits per heavy atom. The zero-order chi connectivity index (χ0) is 13.4. The number of hydrogen-bond acceptors (Lipinski definition) is 4. The molecular weight excluding hydrogens is 240 g/mol. The molecule has 0 amide bonds. The second kappa shape index (κ2) is 13.5. The van der Waals surface area contributed by atoms with Crippen LogP contribution in [-0.2, 0) is 9.78 Å². The Balaban J connectivity index is 2.12. The van der Waals surface area contributed by atoms with Gasteiger partial charge in [0.15, 0.2) is 0 Å². The van der Waals surface area contributed by atoms with E-state index in [0.717, 1.165) is 19.4 Å². The van der Waals surface area contributed by atoms with Crippen LogP contribution >= 0.6 is 0 Å². The van der Waals surface area contributed by atoms with E-state index in [9.17, 15) is 0 Å². The van der Waals surface area contributed by atoms with Crippen LogP contribution in [0, 0.1) is 0 Å². The largest absolute Gasteiger partial charge is 0.344 e. The Kier molecular flexibility index (Phi) is 11.5. The van der Waals surface area contributed by atoms with E-state index in [1.807, 2.05) is 0 Å². The number of rotatable bonds is 0. The van der Waals surface area contributed by atoms with Crippen molar-refractivity contribution >= 4 is 0 Å². The van der Waals surface area contributed by atoms with Crippen LogP contribution in [0.3, 0.4) is 0 Å². The summed E-state index contributed by atoms with van der Waals surface area (Å²) in [5, 5.41) is 7.94.